The number of carbonyl (C=O) groups is 3. The number of nitrogens with zero attached hydrogens (tertiary/aromatic N) is 1. The van der Waals surface area contributed by atoms with Gasteiger partial charge in [-0.2, -0.15) is 0 Å². The predicted octanol–water partition coefficient (Wildman–Crippen LogP) is 2.55. The molecule has 0 saturated heterocycles. The molecule has 2 amide bonds. The summed E-state index contributed by atoms with van der Waals surface area (Å²) in [5.41, 5.74) is 1.11. The highest BCUT2D eigenvalue weighted by Gasteiger charge is 2.34. The Balaban J connectivity index is 1.55. The highest BCUT2D eigenvalue weighted by atomic mass is 16.5. The van der Waals surface area contributed by atoms with E-state index < -0.39 is 5.97 Å². The number of amides is 2. The van der Waals surface area contributed by atoms with E-state index in [0.717, 1.165) is 0 Å². The molecule has 1 aliphatic heterocycles. The molecule has 0 bridgehead atoms. The van der Waals surface area contributed by atoms with Gasteiger partial charge in [0.05, 0.1) is 37.5 Å². The van der Waals surface area contributed by atoms with Crippen LogP contribution in [0.2, 0.25) is 0 Å². The molecule has 0 fully saturated rings. The first-order chi connectivity index (χ1) is 13.0. The first kappa shape index (κ1) is 18.4. The van der Waals surface area contributed by atoms with E-state index in [-0.39, 0.29) is 25.0 Å². The van der Waals surface area contributed by atoms with Gasteiger partial charge in [-0.05, 0) is 30.7 Å². The van der Waals surface area contributed by atoms with Crippen molar-refractivity contribution < 1.29 is 28.6 Å². The Hall–Kier alpha value is -3.35. The molecule has 1 heterocycles. The number of fused-ring (bicyclic) bond motifs is 1. The topological polar surface area (TPSA) is 82.1 Å². The Bertz CT molecular complexity index is 835. The van der Waals surface area contributed by atoms with Gasteiger partial charge in [0.1, 0.15) is 11.5 Å². The van der Waals surface area contributed by atoms with Gasteiger partial charge >= 0.3 is 5.97 Å². The molecule has 7 heteroatoms. The molecule has 0 unspecified atom stereocenters. The lowest BCUT2D eigenvalue weighted by Crippen LogP contribution is -2.31. The third-order valence-corrected chi connectivity index (χ3v) is 4.22. The average Bonchev–Trinajstić information content (AvgIpc) is 2.95. The van der Waals surface area contributed by atoms with Crippen LogP contribution in [0.15, 0.2) is 42.5 Å². The quantitative estimate of drug-likeness (QED) is 0.424. The first-order valence-corrected chi connectivity index (χ1v) is 8.40. The zero-order valence-corrected chi connectivity index (χ0v) is 15.1. The molecule has 0 radical (unpaired) electrons. The number of hydrogen-bond donors (Lipinski definition) is 0. The summed E-state index contributed by atoms with van der Waals surface area (Å²) in [6, 6.07) is 11.5. The first-order valence-electron chi connectivity index (χ1n) is 8.40. The van der Waals surface area contributed by atoms with E-state index in [9.17, 15) is 14.4 Å². The van der Waals surface area contributed by atoms with E-state index in [1.54, 1.807) is 42.5 Å². The number of esters is 1. The summed E-state index contributed by atoms with van der Waals surface area (Å²) >= 11 is 0. The Labute approximate surface area is 156 Å². The summed E-state index contributed by atoms with van der Waals surface area (Å²) in [7, 11) is 2.98. The fourth-order valence-corrected chi connectivity index (χ4v) is 2.84. The zero-order valence-electron chi connectivity index (χ0n) is 15.1. The van der Waals surface area contributed by atoms with Gasteiger partial charge in [0.25, 0.3) is 11.8 Å². The summed E-state index contributed by atoms with van der Waals surface area (Å²) in [6.07, 6.45) is 0.346. The molecule has 140 valence electrons. The van der Waals surface area contributed by atoms with Gasteiger partial charge in [0.15, 0.2) is 0 Å². The number of methoxy groups -OCH3 is 2. The average molecular weight is 369 g/mol. The molecule has 0 N–H and O–H groups in total. The Kier molecular flexibility index (Phi) is 5.40. The molecular weight excluding hydrogens is 350 g/mol. The van der Waals surface area contributed by atoms with Gasteiger partial charge in [-0.15, -0.1) is 0 Å². The van der Waals surface area contributed by atoms with E-state index in [0.29, 0.717) is 34.6 Å². The van der Waals surface area contributed by atoms with Gasteiger partial charge < -0.3 is 14.2 Å². The van der Waals surface area contributed by atoms with Gasteiger partial charge in [0, 0.05) is 12.6 Å². The lowest BCUT2D eigenvalue weighted by atomic mass is 10.1. The molecule has 3 rings (SSSR count). The van der Waals surface area contributed by atoms with Crippen molar-refractivity contribution >= 4 is 17.8 Å². The van der Waals surface area contributed by atoms with Gasteiger partial charge in [-0.1, -0.05) is 12.1 Å². The maximum atomic E-state index is 12.3. The third-order valence-electron chi connectivity index (χ3n) is 4.22. The van der Waals surface area contributed by atoms with Crippen molar-refractivity contribution in [3.8, 4) is 11.5 Å². The normalized spacial score (nSPS) is 12.7. The van der Waals surface area contributed by atoms with Crippen molar-refractivity contribution in [2.24, 2.45) is 0 Å². The van der Waals surface area contributed by atoms with Crippen LogP contribution in [0.4, 0.5) is 0 Å². The standard InChI is InChI=1S/C20H19NO6/c1-25-14-10-13(11-15(12-14)26-2)20(24)27-9-5-8-21-18(22)16-6-3-4-7-17(16)19(21)23/h3-4,6-7,10-12H,5,8-9H2,1-2H3. The van der Waals surface area contributed by atoms with Crippen LogP contribution in [0, 0.1) is 0 Å². The van der Waals surface area contributed by atoms with Crippen LogP contribution in [0.3, 0.4) is 0 Å². The summed E-state index contributed by atoms with van der Waals surface area (Å²) in [6.45, 7) is 0.257. The van der Waals surface area contributed by atoms with Crippen LogP contribution < -0.4 is 9.47 Å². The Morgan fingerprint density at radius 1 is 0.926 bits per heavy atom. The zero-order chi connectivity index (χ0) is 19.4. The highest BCUT2D eigenvalue weighted by Crippen LogP contribution is 2.24. The molecule has 27 heavy (non-hydrogen) atoms. The van der Waals surface area contributed by atoms with E-state index in [1.807, 2.05) is 0 Å². The van der Waals surface area contributed by atoms with Crippen molar-refractivity contribution in [2.75, 3.05) is 27.4 Å². The van der Waals surface area contributed by atoms with Crippen LogP contribution in [-0.2, 0) is 4.74 Å². The molecule has 0 saturated carbocycles. The largest absolute Gasteiger partial charge is 0.497 e. The lowest BCUT2D eigenvalue weighted by Gasteiger charge is -2.14. The molecule has 0 spiro atoms. The van der Waals surface area contributed by atoms with Gasteiger partial charge in [-0.3, -0.25) is 14.5 Å². The molecule has 1 aliphatic rings. The van der Waals surface area contributed by atoms with E-state index in [1.165, 1.54) is 19.1 Å². The second-order valence-electron chi connectivity index (χ2n) is 5.90. The lowest BCUT2D eigenvalue weighted by molar-refractivity contribution is 0.0481. The second kappa shape index (κ2) is 7.90. The minimum absolute atomic E-state index is 0.0752. The van der Waals surface area contributed by atoms with Crippen LogP contribution in [0.25, 0.3) is 0 Å². The fourth-order valence-electron chi connectivity index (χ4n) is 2.84. The number of ether oxygens (including phenoxy) is 3. The van der Waals surface area contributed by atoms with E-state index in [4.69, 9.17) is 14.2 Å². The number of rotatable bonds is 7. The smallest absolute Gasteiger partial charge is 0.338 e. The molecular formula is C20H19NO6. The fraction of sp³-hybridized carbons (Fsp3) is 0.250. The maximum Gasteiger partial charge on any atom is 0.338 e. The van der Waals surface area contributed by atoms with E-state index in [2.05, 4.69) is 0 Å². The number of imide groups is 1. The Morgan fingerprint density at radius 3 is 2.00 bits per heavy atom. The minimum Gasteiger partial charge on any atom is -0.497 e. The number of benzene rings is 2. The van der Waals surface area contributed by atoms with Crippen molar-refractivity contribution in [1.29, 1.82) is 0 Å². The summed E-state index contributed by atoms with van der Waals surface area (Å²) in [4.78, 5) is 37.9. The van der Waals surface area contributed by atoms with Crippen LogP contribution in [0.5, 0.6) is 11.5 Å². The number of carbonyl (C=O) groups excluding carboxylic acids is 3. The van der Waals surface area contributed by atoms with Crippen molar-refractivity contribution in [3.63, 3.8) is 0 Å². The SMILES string of the molecule is COc1cc(OC)cc(C(=O)OCCCN2C(=O)c3ccccc3C2=O)c1. The van der Waals surface area contributed by atoms with Crippen molar-refractivity contribution in [3.05, 3.63) is 59.2 Å². The van der Waals surface area contributed by atoms with Crippen LogP contribution in [-0.4, -0.2) is 50.1 Å². The molecule has 2 aromatic carbocycles. The van der Waals surface area contributed by atoms with Crippen LogP contribution >= 0.6 is 0 Å². The van der Waals surface area contributed by atoms with Gasteiger partial charge in [-0.25, -0.2) is 4.79 Å². The summed E-state index contributed by atoms with van der Waals surface area (Å²) in [5, 5.41) is 0. The molecule has 0 atom stereocenters. The van der Waals surface area contributed by atoms with Crippen molar-refractivity contribution in [2.45, 2.75) is 6.42 Å². The predicted molar refractivity (Wildman–Crippen MR) is 96.3 cm³/mol. The number of hydrogen-bond acceptors (Lipinski definition) is 6. The minimum atomic E-state index is -0.533. The highest BCUT2D eigenvalue weighted by molar-refractivity contribution is 6.21. The Morgan fingerprint density at radius 2 is 1.48 bits per heavy atom. The van der Waals surface area contributed by atoms with Gasteiger partial charge in [0.2, 0.25) is 0 Å². The maximum absolute atomic E-state index is 12.3. The second-order valence-corrected chi connectivity index (χ2v) is 5.90. The molecule has 0 aliphatic carbocycles. The van der Waals surface area contributed by atoms with Crippen LogP contribution in [0.1, 0.15) is 37.5 Å². The summed E-state index contributed by atoms with van der Waals surface area (Å²) < 4.78 is 15.5. The molecule has 2 aromatic rings. The monoisotopic (exact) mass is 369 g/mol. The summed E-state index contributed by atoms with van der Waals surface area (Å²) in [5.74, 6) is -0.215. The third kappa shape index (κ3) is 3.76. The van der Waals surface area contributed by atoms with Crippen molar-refractivity contribution in [1.82, 2.24) is 4.90 Å². The van der Waals surface area contributed by atoms with E-state index >= 15 is 0 Å². The molecule has 0 aromatic heterocycles. The molecule has 7 nitrogen and oxygen atoms in total.